The zero-order valence-electron chi connectivity index (χ0n) is 14.7. The fraction of sp³-hybridized carbons (Fsp3) is 0.316. The van der Waals surface area contributed by atoms with Gasteiger partial charge in [-0.2, -0.15) is 0 Å². The summed E-state index contributed by atoms with van der Waals surface area (Å²) in [5.74, 6) is 0.355. The van der Waals surface area contributed by atoms with Gasteiger partial charge in [0.05, 0.1) is 12.8 Å². The van der Waals surface area contributed by atoms with Crippen LogP contribution in [0.5, 0.6) is 5.88 Å². The van der Waals surface area contributed by atoms with E-state index in [-0.39, 0.29) is 17.9 Å². The van der Waals surface area contributed by atoms with Crippen molar-refractivity contribution < 1.29 is 14.3 Å². The second kappa shape index (κ2) is 6.55. The smallest absolute Gasteiger partial charge is 0.329 e. The van der Waals surface area contributed by atoms with Gasteiger partial charge >= 0.3 is 6.03 Å². The average molecular weight is 339 g/mol. The molecule has 1 fully saturated rings. The summed E-state index contributed by atoms with van der Waals surface area (Å²) < 4.78 is 5.07. The van der Waals surface area contributed by atoms with Crippen molar-refractivity contribution in [3.05, 3.63) is 42.1 Å². The van der Waals surface area contributed by atoms with Gasteiger partial charge in [-0.3, -0.25) is 4.79 Å². The fourth-order valence-corrected chi connectivity index (χ4v) is 2.88. The topological polar surface area (TPSA) is 71.5 Å². The lowest BCUT2D eigenvalue weighted by Gasteiger charge is -2.18. The van der Waals surface area contributed by atoms with E-state index in [1.165, 1.54) is 4.90 Å². The van der Waals surface area contributed by atoms with Gasteiger partial charge in [0, 0.05) is 17.8 Å². The SMILES string of the molecule is COc1ccc(-c2ccc(C)c(N3C(=O)N[C@@H](C(C)C)C3=O)c2)cn1. The standard InChI is InChI=1S/C19H21N3O3/c1-11(2)17-18(23)22(19(24)21-17)15-9-13(6-5-12(15)3)14-7-8-16(25-4)20-10-14/h5-11,17H,1-4H3,(H,21,24)/t17-/m0/s1. The summed E-state index contributed by atoms with van der Waals surface area (Å²) in [7, 11) is 1.56. The normalized spacial score (nSPS) is 17.2. The van der Waals surface area contributed by atoms with E-state index in [0.717, 1.165) is 16.7 Å². The maximum atomic E-state index is 12.7. The van der Waals surface area contributed by atoms with Gasteiger partial charge < -0.3 is 10.1 Å². The number of methoxy groups -OCH3 is 1. The second-order valence-corrected chi connectivity index (χ2v) is 6.44. The zero-order chi connectivity index (χ0) is 18.1. The maximum Gasteiger partial charge on any atom is 0.329 e. The number of imide groups is 1. The molecule has 2 aromatic rings. The van der Waals surface area contributed by atoms with Crippen LogP contribution < -0.4 is 15.0 Å². The van der Waals surface area contributed by atoms with Crippen LogP contribution in [-0.2, 0) is 4.79 Å². The minimum atomic E-state index is -0.488. The average Bonchev–Trinajstić information content (AvgIpc) is 2.90. The van der Waals surface area contributed by atoms with Crippen LogP contribution in [0.1, 0.15) is 19.4 Å². The molecular formula is C19H21N3O3. The van der Waals surface area contributed by atoms with E-state index < -0.39 is 6.04 Å². The molecule has 6 heteroatoms. The van der Waals surface area contributed by atoms with Crippen LogP contribution in [0, 0.1) is 12.8 Å². The van der Waals surface area contributed by atoms with Crippen LogP contribution in [-0.4, -0.2) is 30.1 Å². The molecule has 0 radical (unpaired) electrons. The molecule has 1 saturated heterocycles. The van der Waals surface area contributed by atoms with Gasteiger partial charge in [0.1, 0.15) is 6.04 Å². The molecular weight excluding hydrogens is 318 g/mol. The molecule has 130 valence electrons. The Morgan fingerprint density at radius 2 is 1.88 bits per heavy atom. The number of urea groups is 1. The third kappa shape index (κ3) is 3.07. The number of benzene rings is 1. The molecule has 0 unspecified atom stereocenters. The highest BCUT2D eigenvalue weighted by molar-refractivity contribution is 6.22. The Morgan fingerprint density at radius 1 is 1.16 bits per heavy atom. The zero-order valence-corrected chi connectivity index (χ0v) is 14.7. The van der Waals surface area contributed by atoms with Crippen LogP contribution in [0.15, 0.2) is 36.5 Å². The Labute approximate surface area is 146 Å². The Morgan fingerprint density at radius 3 is 2.44 bits per heavy atom. The molecule has 0 aliphatic carbocycles. The number of aryl methyl sites for hydroxylation is 1. The lowest BCUT2D eigenvalue weighted by molar-refractivity contribution is -0.119. The number of ether oxygens (including phenoxy) is 1. The number of carbonyl (C=O) groups excluding carboxylic acids is 2. The number of anilines is 1. The van der Waals surface area contributed by atoms with E-state index in [9.17, 15) is 9.59 Å². The molecule has 1 N–H and O–H groups in total. The minimum absolute atomic E-state index is 0.0377. The first kappa shape index (κ1) is 17.0. The van der Waals surface area contributed by atoms with Crippen LogP contribution in [0.3, 0.4) is 0 Å². The van der Waals surface area contributed by atoms with Crippen molar-refractivity contribution in [2.24, 2.45) is 5.92 Å². The van der Waals surface area contributed by atoms with E-state index in [4.69, 9.17) is 4.74 Å². The van der Waals surface area contributed by atoms with Crippen molar-refractivity contribution in [1.29, 1.82) is 0 Å². The Kier molecular flexibility index (Phi) is 4.44. The largest absolute Gasteiger partial charge is 0.481 e. The Balaban J connectivity index is 1.99. The summed E-state index contributed by atoms with van der Waals surface area (Å²) in [6.45, 7) is 5.71. The van der Waals surface area contributed by atoms with Crippen molar-refractivity contribution in [2.75, 3.05) is 12.0 Å². The predicted octanol–water partition coefficient (Wildman–Crippen LogP) is 3.15. The number of hydrogen-bond acceptors (Lipinski definition) is 4. The molecule has 1 atom stereocenters. The number of amides is 3. The molecule has 1 aromatic heterocycles. The van der Waals surface area contributed by atoms with E-state index in [1.54, 1.807) is 19.4 Å². The summed E-state index contributed by atoms with van der Waals surface area (Å²) in [6, 6.07) is 8.49. The molecule has 2 heterocycles. The highest BCUT2D eigenvalue weighted by Gasteiger charge is 2.41. The number of nitrogens with zero attached hydrogens (tertiary/aromatic N) is 2. The second-order valence-electron chi connectivity index (χ2n) is 6.44. The Bertz CT molecular complexity index is 815. The van der Waals surface area contributed by atoms with Crippen molar-refractivity contribution >= 4 is 17.6 Å². The van der Waals surface area contributed by atoms with Crippen LogP contribution in [0.4, 0.5) is 10.5 Å². The number of hydrogen-bond donors (Lipinski definition) is 1. The summed E-state index contributed by atoms with van der Waals surface area (Å²) in [4.78, 5) is 30.4. The van der Waals surface area contributed by atoms with Crippen LogP contribution in [0.25, 0.3) is 11.1 Å². The molecule has 0 saturated carbocycles. The van der Waals surface area contributed by atoms with Crippen molar-refractivity contribution in [3.63, 3.8) is 0 Å². The summed E-state index contributed by atoms with van der Waals surface area (Å²) >= 11 is 0. The lowest BCUT2D eigenvalue weighted by Crippen LogP contribution is -2.34. The summed E-state index contributed by atoms with van der Waals surface area (Å²) in [6.07, 6.45) is 1.70. The van der Waals surface area contributed by atoms with Crippen LogP contribution >= 0.6 is 0 Å². The minimum Gasteiger partial charge on any atom is -0.481 e. The molecule has 1 aliphatic rings. The molecule has 1 aromatic carbocycles. The van der Waals surface area contributed by atoms with Gasteiger partial charge in [0.25, 0.3) is 5.91 Å². The van der Waals surface area contributed by atoms with Gasteiger partial charge in [-0.1, -0.05) is 26.0 Å². The van der Waals surface area contributed by atoms with E-state index in [2.05, 4.69) is 10.3 Å². The third-order valence-corrected chi connectivity index (χ3v) is 4.36. The van der Waals surface area contributed by atoms with E-state index >= 15 is 0 Å². The summed E-state index contributed by atoms with van der Waals surface area (Å²) in [5.41, 5.74) is 3.22. The monoisotopic (exact) mass is 339 g/mol. The first-order valence-corrected chi connectivity index (χ1v) is 8.18. The van der Waals surface area contributed by atoms with Gasteiger partial charge in [-0.05, 0) is 36.1 Å². The van der Waals surface area contributed by atoms with Crippen LogP contribution in [0.2, 0.25) is 0 Å². The first-order chi connectivity index (χ1) is 11.9. The number of rotatable bonds is 4. The van der Waals surface area contributed by atoms with E-state index in [0.29, 0.717) is 11.6 Å². The molecule has 25 heavy (non-hydrogen) atoms. The maximum absolute atomic E-state index is 12.7. The van der Waals surface area contributed by atoms with E-state index in [1.807, 2.05) is 45.0 Å². The molecule has 1 aliphatic heterocycles. The molecule has 3 amide bonds. The first-order valence-electron chi connectivity index (χ1n) is 8.18. The van der Waals surface area contributed by atoms with Gasteiger partial charge in [0.2, 0.25) is 5.88 Å². The number of nitrogens with one attached hydrogen (secondary N) is 1. The summed E-state index contributed by atoms with van der Waals surface area (Å²) in [5, 5.41) is 2.76. The Hall–Kier alpha value is -2.89. The highest BCUT2D eigenvalue weighted by atomic mass is 16.5. The van der Waals surface area contributed by atoms with Gasteiger partial charge in [-0.15, -0.1) is 0 Å². The highest BCUT2D eigenvalue weighted by Crippen LogP contribution is 2.31. The van der Waals surface area contributed by atoms with Gasteiger partial charge in [-0.25, -0.2) is 14.7 Å². The lowest BCUT2D eigenvalue weighted by atomic mass is 10.0. The quantitative estimate of drug-likeness (QED) is 0.869. The van der Waals surface area contributed by atoms with Crippen molar-refractivity contribution in [2.45, 2.75) is 26.8 Å². The van der Waals surface area contributed by atoms with Gasteiger partial charge in [0.15, 0.2) is 0 Å². The molecule has 6 nitrogen and oxygen atoms in total. The third-order valence-electron chi connectivity index (χ3n) is 4.36. The molecule has 0 spiro atoms. The van der Waals surface area contributed by atoms with Crippen molar-refractivity contribution in [1.82, 2.24) is 10.3 Å². The fourth-order valence-electron chi connectivity index (χ4n) is 2.88. The predicted molar refractivity (Wildman–Crippen MR) is 95.6 cm³/mol. The van der Waals surface area contributed by atoms with Crippen molar-refractivity contribution in [3.8, 4) is 17.0 Å². The number of aromatic nitrogens is 1. The number of pyridine rings is 1. The molecule has 0 bridgehead atoms. The number of carbonyl (C=O) groups is 2. The molecule has 3 rings (SSSR count).